The molecule has 1 amide bonds. The van der Waals surface area contributed by atoms with E-state index in [0.29, 0.717) is 37.1 Å². The second-order valence-electron chi connectivity index (χ2n) is 6.88. The van der Waals surface area contributed by atoms with Gasteiger partial charge in [0, 0.05) is 25.1 Å². The van der Waals surface area contributed by atoms with Crippen LogP contribution in [-0.4, -0.2) is 64.0 Å². The first-order valence-electron chi connectivity index (χ1n) is 9.77. The van der Waals surface area contributed by atoms with Crippen molar-refractivity contribution in [2.75, 3.05) is 24.7 Å². The van der Waals surface area contributed by atoms with E-state index in [1.807, 2.05) is 6.92 Å². The zero-order valence-electron chi connectivity index (χ0n) is 16.6. The zero-order valence-corrected chi connectivity index (χ0v) is 17.4. The average Bonchev–Trinajstić information content (AvgIpc) is 3.04. The normalized spacial score (nSPS) is 17.7. The van der Waals surface area contributed by atoms with Gasteiger partial charge in [-0.25, -0.2) is 9.18 Å². The molecule has 1 aliphatic heterocycles. The lowest BCUT2D eigenvalue weighted by atomic mass is 10.0. The lowest BCUT2D eigenvalue weighted by Crippen LogP contribution is -2.34. The van der Waals surface area contributed by atoms with E-state index in [1.54, 1.807) is 40.9 Å². The summed E-state index contributed by atoms with van der Waals surface area (Å²) in [5, 5.41) is 18.9. The van der Waals surface area contributed by atoms with E-state index in [4.69, 9.17) is 9.84 Å². The Morgan fingerprint density at radius 3 is 2.97 bits per heavy atom. The molecule has 0 aromatic heterocycles. The Bertz CT molecular complexity index is 727. The molecular formula is C21H28FNO5S. The van der Waals surface area contributed by atoms with Gasteiger partial charge in [-0.2, -0.15) is 11.8 Å². The molecule has 0 unspecified atom stereocenters. The number of halogens is 1. The van der Waals surface area contributed by atoms with Crippen LogP contribution < -0.4 is 0 Å². The number of aliphatic hydroxyl groups is 1. The third kappa shape index (κ3) is 7.70. The van der Waals surface area contributed by atoms with Crippen molar-refractivity contribution in [3.05, 3.63) is 47.3 Å². The topological polar surface area (TPSA) is 87.1 Å². The number of carbonyl (C=O) groups excluding carboxylic acids is 1. The van der Waals surface area contributed by atoms with Crippen molar-refractivity contribution in [2.24, 2.45) is 0 Å². The standard InChI is InChI=1S/C21H28FNO5S/c1-2-16-12-15(5-8-19(16)22)13-18(24)7-6-17-14-28-21(27)23(17)9-11-29-10-3-4-20(25)26/h5-8,12,17-18,24H,2-4,9-11,13-14H2,1H3,(H,25,26)/b7-6+/t17-,18+/m0/s1. The second-order valence-corrected chi connectivity index (χ2v) is 8.11. The van der Waals surface area contributed by atoms with Crippen LogP contribution in [-0.2, 0) is 22.4 Å². The van der Waals surface area contributed by atoms with Crippen LogP contribution in [0, 0.1) is 5.82 Å². The second kappa shape index (κ2) is 11.8. The number of nitrogens with zero attached hydrogens (tertiary/aromatic N) is 1. The van der Waals surface area contributed by atoms with Gasteiger partial charge in [0.1, 0.15) is 12.4 Å². The van der Waals surface area contributed by atoms with Gasteiger partial charge in [0.25, 0.3) is 0 Å². The molecule has 6 nitrogen and oxygen atoms in total. The minimum Gasteiger partial charge on any atom is -0.481 e. The number of aryl methyl sites for hydroxylation is 1. The van der Waals surface area contributed by atoms with Crippen LogP contribution in [0.1, 0.15) is 30.9 Å². The predicted molar refractivity (Wildman–Crippen MR) is 111 cm³/mol. The Hall–Kier alpha value is -2.06. The zero-order chi connectivity index (χ0) is 21.2. The first-order chi connectivity index (χ1) is 13.9. The molecule has 160 valence electrons. The minimum absolute atomic E-state index is 0.149. The van der Waals surface area contributed by atoms with Crippen LogP contribution in [0.4, 0.5) is 9.18 Å². The molecule has 0 spiro atoms. The maximum absolute atomic E-state index is 13.6. The largest absolute Gasteiger partial charge is 0.481 e. The van der Waals surface area contributed by atoms with Gasteiger partial charge in [-0.3, -0.25) is 9.69 Å². The molecule has 1 saturated heterocycles. The van der Waals surface area contributed by atoms with E-state index < -0.39 is 12.1 Å². The highest BCUT2D eigenvalue weighted by Crippen LogP contribution is 2.17. The average molecular weight is 426 g/mol. The van der Waals surface area contributed by atoms with Crippen LogP contribution in [0.3, 0.4) is 0 Å². The van der Waals surface area contributed by atoms with E-state index in [1.165, 1.54) is 6.07 Å². The Kier molecular flexibility index (Phi) is 9.47. The molecule has 0 bridgehead atoms. The fourth-order valence-corrected chi connectivity index (χ4v) is 3.94. The molecule has 29 heavy (non-hydrogen) atoms. The van der Waals surface area contributed by atoms with Crippen molar-refractivity contribution in [3.63, 3.8) is 0 Å². The van der Waals surface area contributed by atoms with Crippen molar-refractivity contribution >= 4 is 23.8 Å². The number of benzene rings is 1. The van der Waals surface area contributed by atoms with E-state index in [-0.39, 0.29) is 31.0 Å². The van der Waals surface area contributed by atoms with E-state index in [2.05, 4.69) is 0 Å². The first-order valence-corrected chi connectivity index (χ1v) is 10.9. The monoisotopic (exact) mass is 425 g/mol. The predicted octanol–water partition coefficient (Wildman–Crippen LogP) is 3.27. The molecule has 1 aliphatic rings. The summed E-state index contributed by atoms with van der Waals surface area (Å²) in [7, 11) is 0. The number of aliphatic hydroxyl groups excluding tert-OH is 1. The lowest BCUT2D eigenvalue weighted by molar-refractivity contribution is -0.137. The van der Waals surface area contributed by atoms with E-state index >= 15 is 0 Å². The molecular weight excluding hydrogens is 397 g/mol. The lowest BCUT2D eigenvalue weighted by Gasteiger charge is -2.19. The van der Waals surface area contributed by atoms with Crippen LogP contribution in [0.25, 0.3) is 0 Å². The number of hydrogen-bond donors (Lipinski definition) is 2. The first kappa shape index (κ1) is 23.2. The summed E-state index contributed by atoms with van der Waals surface area (Å²) in [5.41, 5.74) is 1.48. The molecule has 1 aromatic carbocycles. The highest BCUT2D eigenvalue weighted by atomic mass is 32.2. The van der Waals surface area contributed by atoms with E-state index in [0.717, 1.165) is 11.3 Å². The van der Waals surface area contributed by atoms with Crippen molar-refractivity contribution in [2.45, 2.75) is 44.8 Å². The number of ether oxygens (including phenoxy) is 1. The van der Waals surface area contributed by atoms with Crippen molar-refractivity contribution in [1.82, 2.24) is 4.90 Å². The minimum atomic E-state index is -0.802. The van der Waals surface area contributed by atoms with Gasteiger partial charge in [-0.1, -0.05) is 31.2 Å². The molecule has 2 N–H and O–H groups in total. The number of amides is 1. The summed E-state index contributed by atoms with van der Waals surface area (Å²) < 4.78 is 18.7. The molecule has 8 heteroatoms. The fraction of sp³-hybridized carbons (Fsp3) is 0.524. The number of hydrogen-bond acceptors (Lipinski definition) is 5. The number of carbonyl (C=O) groups is 2. The van der Waals surface area contributed by atoms with Crippen LogP contribution in [0.15, 0.2) is 30.4 Å². The third-order valence-electron chi connectivity index (χ3n) is 4.66. The summed E-state index contributed by atoms with van der Waals surface area (Å²) in [6.45, 7) is 2.62. The highest BCUT2D eigenvalue weighted by Gasteiger charge is 2.30. The third-order valence-corrected chi connectivity index (χ3v) is 5.71. The van der Waals surface area contributed by atoms with E-state index in [9.17, 15) is 19.1 Å². The van der Waals surface area contributed by atoms with Crippen molar-refractivity contribution in [1.29, 1.82) is 0 Å². The molecule has 1 aromatic rings. The van der Waals surface area contributed by atoms with Gasteiger partial charge in [0.15, 0.2) is 0 Å². The maximum atomic E-state index is 13.6. The number of carboxylic acids is 1. The summed E-state index contributed by atoms with van der Waals surface area (Å²) in [6, 6.07) is 4.62. The molecule has 0 radical (unpaired) electrons. The fourth-order valence-electron chi connectivity index (χ4n) is 3.06. The van der Waals surface area contributed by atoms with Crippen LogP contribution in [0.5, 0.6) is 0 Å². The Labute approximate surface area is 174 Å². The number of rotatable bonds is 12. The quantitative estimate of drug-likeness (QED) is 0.395. The van der Waals surface area contributed by atoms with Crippen LogP contribution in [0.2, 0.25) is 0 Å². The smallest absolute Gasteiger partial charge is 0.410 e. The Morgan fingerprint density at radius 1 is 1.45 bits per heavy atom. The molecule has 0 saturated carbocycles. The summed E-state index contributed by atoms with van der Waals surface area (Å²) in [6.07, 6.45) is 4.00. The Morgan fingerprint density at radius 2 is 2.24 bits per heavy atom. The molecule has 0 aliphatic carbocycles. The number of thioether (sulfide) groups is 1. The summed E-state index contributed by atoms with van der Waals surface area (Å²) >= 11 is 1.60. The van der Waals surface area contributed by atoms with Crippen molar-refractivity contribution in [3.8, 4) is 0 Å². The Balaban J connectivity index is 1.81. The number of cyclic esters (lactones) is 1. The highest BCUT2D eigenvalue weighted by molar-refractivity contribution is 7.99. The molecule has 1 fully saturated rings. The summed E-state index contributed by atoms with van der Waals surface area (Å²) in [4.78, 5) is 24.0. The van der Waals surface area contributed by atoms with Gasteiger partial charge >= 0.3 is 12.1 Å². The maximum Gasteiger partial charge on any atom is 0.410 e. The van der Waals surface area contributed by atoms with Gasteiger partial charge in [-0.05, 0) is 35.8 Å². The number of aliphatic carboxylic acids is 1. The molecule has 2 atom stereocenters. The van der Waals surface area contributed by atoms with Gasteiger partial charge < -0.3 is 14.9 Å². The van der Waals surface area contributed by atoms with Gasteiger partial charge in [-0.15, -0.1) is 0 Å². The molecule has 2 rings (SSSR count). The van der Waals surface area contributed by atoms with Gasteiger partial charge in [0.05, 0.1) is 12.1 Å². The summed E-state index contributed by atoms with van der Waals surface area (Å²) in [5.74, 6) is 0.381. The SMILES string of the molecule is CCc1cc(C[C@H](O)/C=C/[C@H]2COC(=O)N2CCSCCCC(=O)O)ccc1F. The van der Waals surface area contributed by atoms with Gasteiger partial charge in [0.2, 0.25) is 0 Å². The van der Waals surface area contributed by atoms with Crippen LogP contribution >= 0.6 is 11.8 Å². The molecule has 1 heterocycles. The number of carboxylic acid groups (broad SMARTS) is 1. The van der Waals surface area contributed by atoms with Crippen molar-refractivity contribution < 1.29 is 28.9 Å².